The molecule has 0 bridgehead atoms. The van der Waals surface area contributed by atoms with Crippen molar-refractivity contribution < 1.29 is 27.9 Å². The Kier molecular flexibility index (Phi) is 13.3. The van der Waals surface area contributed by atoms with E-state index in [4.69, 9.17) is 5.11 Å². The fraction of sp³-hybridized carbons (Fsp3) is 0.682. The predicted molar refractivity (Wildman–Crippen MR) is 114 cm³/mol. The van der Waals surface area contributed by atoms with Crippen LogP contribution in [0.5, 0.6) is 0 Å². The van der Waals surface area contributed by atoms with Crippen molar-refractivity contribution in [3.05, 3.63) is 24.0 Å². The second-order valence-electron chi connectivity index (χ2n) is 7.69. The van der Waals surface area contributed by atoms with Crippen molar-refractivity contribution in [3.8, 4) is 0 Å². The highest BCUT2D eigenvalue weighted by atomic mass is 19.4. The second kappa shape index (κ2) is 15.5. The maximum atomic E-state index is 12.6. The van der Waals surface area contributed by atoms with Crippen molar-refractivity contribution in [1.29, 1.82) is 0 Å². The molecule has 0 aromatic carbocycles. The first-order valence-electron chi connectivity index (χ1n) is 11.1. The van der Waals surface area contributed by atoms with Gasteiger partial charge in [0.1, 0.15) is 5.69 Å². The van der Waals surface area contributed by atoms with Gasteiger partial charge < -0.3 is 15.7 Å². The normalized spacial score (nSPS) is 11.3. The van der Waals surface area contributed by atoms with Crippen molar-refractivity contribution in [1.82, 2.24) is 10.3 Å². The van der Waals surface area contributed by atoms with Crippen molar-refractivity contribution in [3.63, 3.8) is 0 Å². The minimum absolute atomic E-state index is 0.0556. The van der Waals surface area contributed by atoms with Crippen LogP contribution in [0.4, 0.5) is 23.7 Å². The van der Waals surface area contributed by atoms with Crippen LogP contribution in [0.25, 0.3) is 0 Å². The number of aliphatic carboxylic acids is 1. The van der Waals surface area contributed by atoms with Gasteiger partial charge in [-0.2, -0.15) is 13.2 Å². The van der Waals surface area contributed by atoms with Crippen LogP contribution in [0, 0.1) is 0 Å². The number of nitrogens with zero attached hydrogens (tertiary/aromatic N) is 1. The molecule has 0 aliphatic rings. The molecule has 2 amide bonds. The molecule has 0 saturated heterocycles. The number of unbranched alkanes of at least 4 members (excludes halogenated alkanes) is 11. The van der Waals surface area contributed by atoms with Crippen LogP contribution in [-0.2, 0) is 11.0 Å². The lowest BCUT2D eigenvalue weighted by molar-refractivity contribution is -0.141. The number of hydrogen-bond donors (Lipinski definition) is 3. The van der Waals surface area contributed by atoms with E-state index in [-0.39, 0.29) is 12.1 Å². The molecule has 1 aromatic heterocycles. The number of halogens is 3. The number of pyridine rings is 1. The third kappa shape index (κ3) is 14.3. The number of nitrogens with one attached hydrogen (secondary N) is 2. The maximum absolute atomic E-state index is 12.6. The van der Waals surface area contributed by atoms with Gasteiger partial charge in [-0.25, -0.2) is 4.79 Å². The lowest BCUT2D eigenvalue weighted by atomic mass is 10.0. The van der Waals surface area contributed by atoms with Crippen LogP contribution in [0.3, 0.4) is 0 Å². The number of carbonyl (C=O) groups is 2. The number of rotatable bonds is 16. The zero-order valence-corrected chi connectivity index (χ0v) is 18.0. The fourth-order valence-corrected chi connectivity index (χ4v) is 3.21. The van der Waals surface area contributed by atoms with E-state index in [1.54, 1.807) is 0 Å². The molecule has 0 aliphatic carbocycles. The summed E-state index contributed by atoms with van der Waals surface area (Å²) in [6.45, 7) is 0.477. The molecule has 0 radical (unpaired) electrons. The Morgan fingerprint density at radius 2 is 1.39 bits per heavy atom. The Bertz CT molecular complexity index is 654. The molecule has 6 nitrogen and oxygen atoms in total. The van der Waals surface area contributed by atoms with E-state index in [1.807, 2.05) is 0 Å². The molecule has 0 saturated carbocycles. The number of alkyl halides is 3. The molecule has 1 aromatic rings. The highest BCUT2D eigenvalue weighted by Crippen LogP contribution is 2.28. The molecule has 3 N–H and O–H groups in total. The summed E-state index contributed by atoms with van der Waals surface area (Å²) >= 11 is 0. The quantitative estimate of drug-likeness (QED) is 0.258. The van der Waals surface area contributed by atoms with Crippen LogP contribution in [0.2, 0.25) is 0 Å². The van der Waals surface area contributed by atoms with Gasteiger partial charge in [-0.05, 0) is 25.0 Å². The van der Waals surface area contributed by atoms with Gasteiger partial charge in [0.05, 0.1) is 0 Å². The van der Waals surface area contributed by atoms with E-state index in [1.165, 1.54) is 38.2 Å². The van der Waals surface area contributed by atoms with Crippen LogP contribution in [0.1, 0.15) is 89.2 Å². The van der Waals surface area contributed by atoms with Gasteiger partial charge in [0, 0.05) is 24.8 Å². The number of urea groups is 1. The monoisotopic (exact) mass is 445 g/mol. The largest absolute Gasteiger partial charge is 0.481 e. The Hall–Kier alpha value is -2.32. The fourth-order valence-electron chi connectivity index (χ4n) is 3.21. The highest BCUT2D eigenvalue weighted by molar-refractivity contribution is 5.89. The van der Waals surface area contributed by atoms with Crippen molar-refractivity contribution in [2.75, 3.05) is 11.9 Å². The SMILES string of the molecule is O=C(O)CCCCCCCCCCCCCCNC(=O)Nc1ccnc(C(F)(F)F)c1. The lowest BCUT2D eigenvalue weighted by Crippen LogP contribution is -2.29. The zero-order chi connectivity index (χ0) is 23.0. The third-order valence-corrected chi connectivity index (χ3v) is 4.91. The molecule has 1 heterocycles. The summed E-state index contributed by atoms with van der Waals surface area (Å²) in [6, 6.07) is 1.59. The van der Waals surface area contributed by atoms with Gasteiger partial charge in [0.2, 0.25) is 0 Å². The molecule has 0 atom stereocenters. The summed E-state index contributed by atoms with van der Waals surface area (Å²) in [5, 5.41) is 13.6. The molecule has 1 rings (SSSR count). The molecule has 0 unspecified atom stereocenters. The Morgan fingerprint density at radius 1 is 0.871 bits per heavy atom. The number of anilines is 1. The summed E-state index contributed by atoms with van der Waals surface area (Å²) in [5.41, 5.74) is -0.985. The molecular formula is C22H34F3N3O3. The Morgan fingerprint density at radius 3 is 1.90 bits per heavy atom. The van der Waals surface area contributed by atoms with Gasteiger partial charge in [0.15, 0.2) is 0 Å². The first kappa shape index (κ1) is 26.7. The van der Waals surface area contributed by atoms with Gasteiger partial charge in [-0.1, -0.05) is 64.2 Å². The average Bonchev–Trinajstić information content (AvgIpc) is 2.70. The second-order valence-corrected chi connectivity index (χ2v) is 7.69. The van der Waals surface area contributed by atoms with Crippen LogP contribution in [-0.4, -0.2) is 28.6 Å². The van der Waals surface area contributed by atoms with Crippen LogP contribution >= 0.6 is 0 Å². The number of carboxylic acids is 1. The minimum Gasteiger partial charge on any atom is -0.481 e. The van der Waals surface area contributed by atoms with Crippen molar-refractivity contribution in [2.45, 2.75) is 89.6 Å². The topological polar surface area (TPSA) is 91.3 Å². The molecule has 0 aliphatic heterocycles. The van der Waals surface area contributed by atoms with Gasteiger partial charge in [-0.15, -0.1) is 0 Å². The van der Waals surface area contributed by atoms with Gasteiger partial charge in [0.25, 0.3) is 0 Å². The molecule has 176 valence electrons. The summed E-state index contributed by atoms with van der Waals surface area (Å²) in [7, 11) is 0. The Balaban J connectivity index is 1.93. The summed E-state index contributed by atoms with van der Waals surface area (Å²) in [4.78, 5) is 25.4. The van der Waals surface area contributed by atoms with Crippen LogP contribution < -0.4 is 10.6 Å². The lowest BCUT2D eigenvalue weighted by Gasteiger charge is -2.10. The van der Waals surface area contributed by atoms with Crippen molar-refractivity contribution >= 4 is 17.7 Å². The maximum Gasteiger partial charge on any atom is 0.433 e. The minimum atomic E-state index is -4.54. The van der Waals surface area contributed by atoms with Gasteiger partial charge >= 0.3 is 18.2 Å². The van der Waals surface area contributed by atoms with E-state index >= 15 is 0 Å². The number of amides is 2. The van der Waals surface area contributed by atoms with E-state index in [0.717, 1.165) is 57.2 Å². The summed E-state index contributed by atoms with van der Waals surface area (Å²) in [6.07, 6.45) is 9.68. The number of carboxylic acid groups (broad SMARTS) is 1. The van der Waals surface area contributed by atoms with E-state index in [0.29, 0.717) is 6.54 Å². The molecule has 0 fully saturated rings. The highest BCUT2D eigenvalue weighted by Gasteiger charge is 2.32. The molecule has 0 spiro atoms. The first-order valence-corrected chi connectivity index (χ1v) is 11.1. The molecule has 9 heteroatoms. The van der Waals surface area contributed by atoms with Crippen molar-refractivity contribution in [2.24, 2.45) is 0 Å². The van der Waals surface area contributed by atoms with Crippen LogP contribution in [0.15, 0.2) is 18.3 Å². The number of carbonyl (C=O) groups excluding carboxylic acids is 1. The first-order chi connectivity index (χ1) is 14.8. The standard InChI is InChI=1S/C22H34F3N3O3/c23-22(24,25)19-17-18(14-16-26-19)28-21(31)27-15-12-10-8-6-4-2-1-3-5-7-9-11-13-20(29)30/h14,16-17H,1-13,15H2,(H,29,30)(H2,26,27,28,31). The zero-order valence-electron chi connectivity index (χ0n) is 18.0. The summed E-state index contributed by atoms with van der Waals surface area (Å²) < 4.78 is 37.8. The smallest absolute Gasteiger partial charge is 0.433 e. The molecular weight excluding hydrogens is 411 g/mol. The Labute approximate surface area is 182 Å². The average molecular weight is 446 g/mol. The summed E-state index contributed by atoms with van der Waals surface area (Å²) in [5.74, 6) is -0.716. The van der Waals surface area contributed by atoms with E-state index in [9.17, 15) is 22.8 Å². The predicted octanol–water partition coefficient (Wildman–Crippen LogP) is 6.38. The number of hydrogen-bond acceptors (Lipinski definition) is 3. The van der Waals surface area contributed by atoms with Gasteiger partial charge in [-0.3, -0.25) is 9.78 Å². The van der Waals surface area contributed by atoms with E-state index in [2.05, 4.69) is 15.6 Å². The number of aromatic nitrogens is 1. The molecule has 31 heavy (non-hydrogen) atoms. The third-order valence-electron chi connectivity index (χ3n) is 4.91. The van der Waals surface area contributed by atoms with E-state index < -0.39 is 23.9 Å².